The van der Waals surface area contributed by atoms with Crippen LogP contribution in [0.2, 0.25) is 0 Å². The molecule has 2 aromatic rings. The molecule has 0 aliphatic heterocycles. The largest absolute Gasteiger partial charge is 0.227 e. The predicted octanol–water partition coefficient (Wildman–Crippen LogP) is 3.86. The van der Waals surface area contributed by atoms with Gasteiger partial charge >= 0.3 is 0 Å². The van der Waals surface area contributed by atoms with Crippen LogP contribution in [0.25, 0.3) is 0 Å². The van der Waals surface area contributed by atoms with Crippen molar-refractivity contribution in [3.63, 3.8) is 0 Å². The summed E-state index contributed by atoms with van der Waals surface area (Å²) in [6, 6.07) is 4.91. The number of aryl methyl sites for hydroxylation is 1. The highest BCUT2D eigenvalue weighted by atomic mass is 33.1. The molecule has 2 aromatic heterocycles. The lowest BCUT2D eigenvalue weighted by Crippen LogP contribution is -1.87. The molecular weight excluding hydrogens is 262 g/mol. The van der Waals surface area contributed by atoms with Crippen LogP contribution in [0.1, 0.15) is 5.56 Å². The molecule has 2 heterocycles. The minimum absolute atomic E-state index is 0.374. The van der Waals surface area contributed by atoms with Crippen molar-refractivity contribution in [2.45, 2.75) is 16.7 Å². The Morgan fingerprint density at radius 2 is 1.76 bits per heavy atom. The van der Waals surface area contributed by atoms with Crippen LogP contribution in [0.3, 0.4) is 0 Å². The van der Waals surface area contributed by atoms with Gasteiger partial charge in [-0.2, -0.15) is 8.78 Å². The Bertz CT molecular complexity index is 535. The zero-order valence-corrected chi connectivity index (χ0v) is 10.5. The summed E-state index contributed by atoms with van der Waals surface area (Å²) in [4.78, 5) is 7.89. The molecule has 0 unspecified atom stereocenters. The Hall–Kier alpha value is -1.14. The maximum Gasteiger partial charge on any atom is 0.227 e. The SMILES string of the molecule is Cc1cnc(F)c(SSc2cccnc2F)c1. The zero-order valence-electron chi connectivity index (χ0n) is 8.85. The van der Waals surface area contributed by atoms with Gasteiger partial charge in [-0.15, -0.1) is 0 Å². The van der Waals surface area contributed by atoms with Gasteiger partial charge in [-0.05, 0) is 52.3 Å². The fourth-order valence-corrected chi connectivity index (χ4v) is 3.16. The summed E-state index contributed by atoms with van der Waals surface area (Å²) < 4.78 is 26.5. The first-order valence-corrected chi connectivity index (χ1v) is 6.89. The molecule has 0 saturated carbocycles. The van der Waals surface area contributed by atoms with E-state index in [4.69, 9.17) is 0 Å². The van der Waals surface area contributed by atoms with E-state index >= 15 is 0 Å². The van der Waals surface area contributed by atoms with E-state index in [0.717, 1.165) is 27.2 Å². The second-order valence-corrected chi connectivity index (χ2v) is 5.47. The van der Waals surface area contributed by atoms with E-state index in [0.29, 0.717) is 9.79 Å². The smallest absolute Gasteiger partial charge is 0.227 e. The maximum absolute atomic E-state index is 13.3. The van der Waals surface area contributed by atoms with Crippen molar-refractivity contribution in [3.05, 3.63) is 48.1 Å². The third-order valence-corrected chi connectivity index (χ3v) is 4.25. The van der Waals surface area contributed by atoms with E-state index in [-0.39, 0.29) is 0 Å². The fourth-order valence-electron chi connectivity index (χ4n) is 1.11. The van der Waals surface area contributed by atoms with Crippen molar-refractivity contribution in [3.8, 4) is 0 Å². The minimum atomic E-state index is -0.550. The molecule has 0 fully saturated rings. The molecule has 2 rings (SSSR count). The number of pyridine rings is 2. The first-order chi connectivity index (χ1) is 8.16. The summed E-state index contributed by atoms with van der Waals surface area (Å²) in [6.45, 7) is 1.83. The Kier molecular flexibility index (Phi) is 3.96. The second-order valence-electron chi connectivity index (χ2n) is 3.26. The molecule has 0 amide bonds. The van der Waals surface area contributed by atoms with E-state index in [9.17, 15) is 8.78 Å². The van der Waals surface area contributed by atoms with Gasteiger partial charge in [0.05, 0.1) is 9.79 Å². The van der Waals surface area contributed by atoms with Gasteiger partial charge in [-0.3, -0.25) is 0 Å². The maximum atomic E-state index is 13.3. The number of hydrogen-bond donors (Lipinski definition) is 0. The highest BCUT2D eigenvalue weighted by molar-refractivity contribution is 8.76. The highest BCUT2D eigenvalue weighted by Crippen LogP contribution is 2.38. The number of aromatic nitrogens is 2. The van der Waals surface area contributed by atoms with E-state index in [1.54, 1.807) is 18.2 Å². The molecule has 0 aromatic carbocycles. The van der Waals surface area contributed by atoms with Crippen LogP contribution in [0.4, 0.5) is 8.78 Å². The molecule has 88 valence electrons. The van der Waals surface area contributed by atoms with Crippen LogP contribution >= 0.6 is 21.6 Å². The number of hydrogen-bond acceptors (Lipinski definition) is 4. The summed E-state index contributed by atoms with van der Waals surface area (Å²) in [7, 11) is 2.25. The van der Waals surface area contributed by atoms with Gasteiger partial charge in [0.25, 0.3) is 0 Å². The normalized spacial score (nSPS) is 10.5. The van der Waals surface area contributed by atoms with Crippen LogP contribution in [-0.2, 0) is 0 Å². The van der Waals surface area contributed by atoms with E-state index in [1.165, 1.54) is 12.4 Å². The Labute approximate surface area is 105 Å². The fraction of sp³-hybridized carbons (Fsp3) is 0.0909. The number of halogens is 2. The van der Waals surface area contributed by atoms with Crippen LogP contribution in [-0.4, -0.2) is 9.97 Å². The lowest BCUT2D eigenvalue weighted by molar-refractivity contribution is 0.555. The average molecular weight is 270 g/mol. The predicted molar refractivity (Wildman–Crippen MR) is 64.8 cm³/mol. The lowest BCUT2D eigenvalue weighted by atomic mass is 10.3. The molecule has 0 N–H and O–H groups in total. The second kappa shape index (κ2) is 5.46. The van der Waals surface area contributed by atoms with E-state index in [1.807, 2.05) is 6.92 Å². The molecule has 17 heavy (non-hydrogen) atoms. The van der Waals surface area contributed by atoms with E-state index in [2.05, 4.69) is 9.97 Å². The molecule has 2 nitrogen and oxygen atoms in total. The van der Waals surface area contributed by atoms with E-state index < -0.39 is 11.9 Å². The Morgan fingerprint density at radius 3 is 2.53 bits per heavy atom. The van der Waals surface area contributed by atoms with Gasteiger partial charge in [0.1, 0.15) is 0 Å². The molecule has 0 saturated heterocycles. The average Bonchev–Trinajstić information content (AvgIpc) is 2.32. The third-order valence-electron chi connectivity index (χ3n) is 1.89. The summed E-state index contributed by atoms with van der Waals surface area (Å²) in [5.74, 6) is -1.09. The topological polar surface area (TPSA) is 25.8 Å². The Balaban J connectivity index is 2.12. The molecule has 0 atom stereocenters. The zero-order chi connectivity index (χ0) is 12.3. The first kappa shape index (κ1) is 12.3. The molecule has 6 heteroatoms. The minimum Gasteiger partial charge on any atom is -0.227 e. The quantitative estimate of drug-likeness (QED) is 0.624. The lowest BCUT2D eigenvalue weighted by Gasteiger charge is -2.03. The van der Waals surface area contributed by atoms with Crippen molar-refractivity contribution >= 4 is 21.6 Å². The third kappa shape index (κ3) is 3.17. The molecule has 0 spiro atoms. The van der Waals surface area contributed by atoms with Crippen molar-refractivity contribution < 1.29 is 8.78 Å². The van der Waals surface area contributed by atoms with Crippen LogP contribution < -0.4 is 0 Å². The summed E-state index contributed by atoms with van der Waals surface area (Å²) in [5, 5.41) is 0. The molecule has 0 bridgehead atoms. The van der Waals surface area contributed by atoms with Crippen LogP contribution in [0.15, 0.2) is 40.4 Å². The van der Waals surface area contributed by atoms with Crippen LogP contribution in [0, 0.1) is 18.8 Å². The number of rotatable bonds is 3. The number of nitrogens with zero attached hydrogens (tertiary/aromatic N) is 2. The molecule has 0 aliphatic carbocycles. The molecule has 0 aliphatic rings. The van der Waals surface area contributed by atoms with Gasteiger partial charge in [-0.25, -0.2) is 9.97 Å². The van der Waals surface area contributed by atoms with Crippen molar-refractivity contribution in [2.75, 3.05) is 0 Å². The van der Waals surface area contributed by atoms with Crippen molar-refractivity contribution in [1.29, 1.82) is 0 Å². The highest BCUT2D eigenvalue weighted by Gasteiger charge is 2.08. The Morgan fingerprint density at radius 1 is 1.06 bits per heavy atom. The van der Waals surface area contributed by atoms with Gasteiger partial charge in [-0.1, -0.05) is 0 Å². The van der Waals surface area contributed by atoms with Gasteiger partial charge in [0, 0.05) is 12.4 Å². The molecular formula is C11H8F2N2S2. The van der Waals surface area contributed by atoms with Crippen molar-refractivity contribution in [1.82, 2.24) is 9.97 Å². The van der Waals surface area contributed by atoms with Gasteiger partial charge < -0.3 is 0 Å². The van der Waals surface area contributed by atoms with Crippen LogP contribution in [0.5, 0.6) is 0 Å². The van der Waals surface area contributed by atoms with Gasteiger partial charge in [0.15, 0.2) is 0 Å². The summed E-state index contributed by atoms with van der Waals surface area (Å²) in [6.07, 6.45) is 2.83. The molecule has 0 radical (unpaired) electrons. The summed E-state index contributed by atoms with van der Waals surface area (Å²) >= 11 is 0. The first-order valence-electron chi connectivity index (χ1n) is 4.74. The standard InChI is InChI=1S/C11H8F2N2S2/c1-7-5-9(11(13)15-6-7)17-16-8-3-2-4-14-10(8)12/h2-6H,1H3. The van der Waals surface area contributed by atoms with Gasteiger partial charge in [0.2, 0.25) is 11.9 Å². The monoisotopic (exact) mass is 270 g/mol. The van der Waals surface area contributed by atoms with Crippen molar-refractivity contribution in [2.24, 2.45) is 0 Å². The summed E-state index contributed by atoms with van der Waals surface area (Å²) in [5.41, 5.74) is 0.862.